The number of rotatable bonds is 4. The Kier molecular flexibility index (Phi) is 4.34. The summed E-state index contributed by atoms with van der Waals surface area (Å²) in [5.74, 6) is 0.275. The Morgan fingerprint density at radius 1 is 1.43 bits per heavy atom. The molecule has 1 aliphatic heterocycles. The van der Waals surface area contributed by atoms with Crippen LogP contribution in [-0.2, 0) is 11.3 Å². The number of hydrogen-bond donors (Lipinski definition) is 1. The third-order valence-corrected chi connectivity index (χ3v) is 4.34. The van der Waals surface area contributed by atoms with Gasteiger partial charge >= 0.3 is 5.63 Å². The Hall–Kier alpha value is -2.34. The molecule has 1 aromatic carbocycles. The molecule has 1 aromatic heterocycles. The molecular weight excluding hydrogens is 296 g/mol. The fourth-order valence-electron chi connectivity index (χ4n) is 3.14. The van der Waals surface area contributed by atoms with Crippen molar-refractivity contribution < 1.29 is 13.9 Å². The molecule has 0 radical (unpaired) electrons. The lowest BCUT2D eigenvalue weighted by molar-refractivity contribution is -0.123. The van der Waals surface area contributed by atoms with Crippen molar-refractivity contribution in [1.29, 1.82) is 0 Å². The van der Waals surface area contributed by atoms with Gasteiger partial charge in [-0.05, 0) is 37.1 Å². The number of fused-ring (bicyclic) bond motifs is 1. The average Bonchev–Trinajstić information content (AvgIpc) is 2.54. The van der Waals surface area contributed by atoms with Crippen molar-refractivity contribution in [3.05, 3.63) is 40.2 Å². The summed E-state index contributed by atoms with van der Waals surface area (Å²) in [5, 5.41) is 0.881. The summed E-state index contributed by atoms with van der Waals surface area (Å²) in [6.45, 7) is 2.12. The van der Waals surface area contributed by atoms with E-state index in [1.54, 1.807) is 13.2 Å². The first kappa shape index (κ1) is 15.6. The summed E-state index contributed by atoms with van der Waals surface area (Å²) in [7, 11) is 1.57. The number of hydrogen-bond acceptors (Lipinski definition) is 5. The maximum absolute atomic E-state index is 11.8. The molecule has 1 atom stereocenters. The molecule has 122 valence electrons. The number of primary amides is 1. The molecule has 2 heterocycles. The van der Waals surface area contributed by atoms with Gasteiger partial charge in [-0.25, -0.2) is 4.79 Å². The molecule has 6 heteroatoms. The maximum Gasteiger partial charge on any atom is 0.336 e. The molecule has 0 bridgehead atoms. The standard InChI is InChI=1S/C17H20N2O4/c1-22-13-4-5-14-12(7-16(20)23-15(14)8-13)10-19-6-2-3-11(9-19)17(18)21/h4-5,7-8,11H,2-3,6,9-10H2,1H3,(H2,18,21)/t11-/m1/s1. The fraction of sp³-hybridized carbons (Fsp3) is 0.412. The van der Waals surface area contributed by atoms with Crippen molar-refractivity contribution in [1.82, 2.24) is 4.90 Å². The molecule has 6 nitrogen and oxygen atoms in total. The Morgan fingerprint density at radius 2 is 2.26 bits per heavy atom. The normalized spacial score (nSPS) is 18.9. The molecule has 0 unspecified atom stereocenters. The number of methoxy groups -OCH3 is 1. The fourth-order valence-corrected chi connectivity index (χ4v) is 3.14. The zero-order valence-corrected chi connectivity index (χ0v) is 13.1. The summed E-state index contributed by atoms with van der Waals surface area (Å²) in [6.07, 6.45) is 1.77. The molecule has 0 spiro atoms. The second-order valence-corrected chi connectivity index (χ2v) is 5.93. The smallest absolute Gasteiger partial charge is 0.336 e. The van der Waals surface area contributed by atoms with Crippen molar-refractivity contribution in [2.24, 2.45) is 11.7 Å². The van der Waals surface area contributed by atoms with Crippen LogP contribution < -0.4 is 16.1 Å². The van der Waals surface area contributed by atoms with Crippen molar-refractivity contribution in [2.45, 2.75) is 19.4 Å². The van der Waals surface area contributed by atoms with Crippen LogP contribution in [0.15, 0.2) is 33.5 Å². The van der Waals surface area contributed by atoms with Crippen LogP contribution in [0.3, 0.4) is 0 Å². The van der Waals surface area contributed by atoms with Crippen LogP contribution in [0.1, 0.15) is 18.4 Å². The van der Waals surface area contributed by atoms with Gasteiger partial charge < -0.3 is 14.9 Å². The summed E-state index contributed by atoms with van der Waals surface area (Å²) in [4.78, 5) is 25.4. The van der Waals surface area contributed by atoms with E-state index in [4.69, 9.17) is 14.9 Å². The highest BCUT2D eigenvalue weighted by Gasteiger charge is 2.24. The van der Waals surface area contributed by atoms with Crippen molar-refractivity contribution in [2.75, 3.05) is 20.2 Å². The first-order valence-corrected chi connectivity index (χ1v) is 7.69. The lowest BCUT2D eigenvalue weighted by Gasteiger charge is -2.31. The van der Waals surface area contributed by atoms with Crippen LogP contribution in [0, 0.1) is 5.92 Å². The van der Waals surface area contributed by atoms with E-state index in [-0.39, 0.29) is 17.5 Å². The van der Waals surface area contributed by atoms with E-state index in [1.807, 2.05) is 12.1 Å². The minimum Gasteiger partial charge on any atom is -0.497 e. The molecule has 23 heavy (non-hydrogen) atoms. The van der Waals surface area contributed by atoms with Gasteiger partial charge in [0.15, 0.2) is 0 Å². The molecule has 1 fully saturated rings. The Morgan fingerprint density at radius 3 is 3.00 bits per heavy atom. The van der Waals surface area contributed by atoms with Crippen LogP contribution >= 0.6 is 0 Å². The van der Waals surface area contributed by atoms with E-state index < -0.39 is 0 Å². The van der Waals surface area contributed by atoms with Crippen LogP contribution in [0.25, 0.3) is 11.0 Å². The van der Waals surface area contributed by atoms with Crippen LogP contribution in [0.5, 0.6) is 5.75 Å². The van der Waals surface area contributed by atoms with Gasteiger partial charge in [0.2, 0.25) is 5.91 Å². The zero-order chi connectivity index (χ0) is 16.4. The number of ether oxygens (including phenoxy) is 1. The Balaban J connectivity index is 1.90. The van der Waals surface area contributed by atoms with Crippen molar-refractivity contribution in [3.8, 4) is 5.75 Å². The molecule has 0 saturated carbocycles. The molecule has 1 amide bonds. The molecule has 1 aliphatic rings. The first-order chi connectivity index (χ1) is 11.1. The largest absolute Gasteiger partial charge is 0.497 e. The molecule has 0 aliphatic carbocycles. The van der Waals surface area contributed by atoms with Gasteiger partial charge in [0, 0.05) is 30.6 Å². The van der Waals surface area contributed by atoms with E-state index in [0.29, 0.717) is 24.4 Å². The highest BCUT2D eigenvalue weighted by Crippen LogP contribution is 2.25. The van der Waals surface area contributed by atoms with Gasteiger partial charge in [-0.2, -0.15) is 0 Å². The number of piperidine rings is 1. The van der Waals surface area contributed by atoms with Crippen molar-refractivity contribution in [3.63, 3.8) is 0 Å². The number of amides is 1. The SMILES string of the molecule is COc1ccc2c(CN3CCC[C@@H](C(N)=O)C3)cc(=O)oc2c1. The van der Waals surface area contributed by atoms with E-state index in [0.717, 1.165) is 30.3 Å². The number of nitrogens with two attached hydrogens (primary N) is 1. The minimum atomic E-state index is -0.385. The maximum atomic E-state index is 11.8. The summed E-state index contributed by atoms with van der Waals surface area (Å²) in [6, 6.07) is 6.96. The highest BCUT2D eigenvalue weighted by atomic mass is 16.5. The first-order valence-electron chi connectivity index (χ1n) is 7.69. The van der Waals surface area contributed by atoms with Gasteiger partial charge in [-0.3, -0.25) is 9.69 Å². The van der Waals surface area contributed by atoms with Crippen LogP contribution in [-0.4, -0.2) is 31.0 Å². The summed E-state index contributed by atoms with van der Waals surface area (Å²) in [5.41, 5.74) is 6.44. The second-order valence-electron chi connectivity index (χ2n) is 5.93. The van der Waals surface area contributed by atoms with Gasteiger partial charge in [0.1, 0.15) is 11.3 Å². The van der Waals surface area contributed by atoms with Crippen molar-refractivity contribution >= 4 is 16.9 Å². The quantitative estimate of drug-likeness (QED) is 0.864. The monoisotopic (exact) mass is 316 g/mol. The zero-order valence-electron chi connectivity index (χ0n) is 13.1. The van der Waals surface area contributed by atoms with Gasteiger partial charge in [0.05, 0.1) is 13.0 Å². The lowest BCUT2D eigenvalue weighted by atomic mass is 9.97. The third kappa shape index (κ3) is 3.37. The molecular formula is C17H20N2O4. The van der Waals surface area contributed by atoms with Gasteiger partial charge in [0.25, 0.3) is 0 Å². The molecule has 3 rings (SSSR count). The van der Waals surface area contributed by atoms with E-state index in [1.165, 1.54) is 6.07 Å². The number of carbonyl (C=O) groups excluding carboxylic acids is 1. The lowest BCUT2D eigenvalue weighted by Crippen LogP contribution is -2.40. The number of benzene rings is 1. The Labute approximate surface area is 133 Å². The number of nitrogens with zero attached hydrogens (tertiary/aromatic N) is 1. The summed E-state index contributed by atoms with van der Waals surface area (Å²) >= 11 is 0. The van der Waals surface area contributed by atoms with E-state index in [2.05, 4.69) is 4.90 Å². The average molecular weight is 316 g/mol. The Bertz CT molecular complexity index is 784. The highest BCUT2D eigenvalue weighted by molar-refractivity contribution is 5.81. The number of likely N-dealkylation sites (tertiary alicyclic amines) is 1. The third-order valence-electron chi connectivity index (χ3n) is 4.34. The van der Waals surface area contributed by atoms with Gasteiger partial charge in [-0.15, -0.1) is 0 Å². The predicted molar refractivity (Wildman–Crippen MR) is 86.2 cm³/mol. The molecule has 2 aromatic rings. The van der Waals surface area contributed by atoms with Crippen LogP contribution in [0.2, 0.25) is 0 Å². The van der Waals surface area contributed by atoms with Crippen LogP contribution in [0.4, 0.5) is 0 Å². The minimum absolute atomic E-state index is 0.116. The second kappa shape index (κ2) is 6.42. The summed E-state index contributed by atoms with van der Waals surface area (Å²) < 4.78 is 10.4. The number of carbonyl (C=O) groups is 1. The van der Waals surface area contributed by atoms with E-state index >= 15 is 0 Å². The van der Waals surface area contributed by atoms with E-state index in [9.17, 15) is 9.59 Å². The predicted octanol–water partition coefficient (Wildman–Crippen LogP) is 1.50. The van der Waals surface area contributed by atoms with Gasteiger partial charge in [-0.1, -0.05) is 0 Å². The molecule has 2 N–H and O–H groups in total. The molecule has 1 saturated heterocycles. The topological polar surface area (TPSA) is 85.8 Å².